The summed E-state index contributed by atoms with van der Waals surface area (Å²) in [5.74, 6) is -0.606. The van der Waals surface area contributed by atoms with E-state index in [1.54, 1.807) is 30.3 Å². The van der Waals surface area contributed by atoms with Crippen LogP contribution in [0.5, 0.6) is 5.75 Å². The number of hydrogen-bond donors (Lipinski definition) is 2. The lowest BCUT2D eigenvalue weighted by molar-refractivity contribution is -0.148. The van der Waals surface area contributed by atoms with E-state index in [2.05, 4.69) is 5.32 Å². The first-order valence-corrected chi connectivity index (χ1v) is 5.87. The van der Waals surface area contributed by atoms with Gasteiger partial charge in [-0.05, 0) is 19.1 Å². The Labute approximate surface area is 110 Å². The molecule has 1 aliphatic rings. The summed E-state index contributed by atoms with van der Waals surface area (Å²) >= 11 is 0. The molecule has 0 aliphatic carbocycles. The summed E-state index contributed by atoms with van der Waals surface area (Å²) in [5.41, 5.74) is -1.13. The third kappa shape index (κ3) is 2.85. The summed E-state index contributed by atoms with van der Waals surface area (Å²) in [6.45, 7) is 1.76. The standard InChI is InChI=1S/C13H15NO5/c1-13(11(15)16)8-18-7-10(13)14-12(17)19-9-5-3-2-4-6-9/h2-6,10H,7-8H2,1H3,(H,14,17)(H,15,16). The van der Waals surface area contributed by atoms with Crippen molar-refractivity contribution in [1.82, 2.24) is 5.32 Å². The number of para-hydroxylation sites is 1. The fourth-order valence-corrected chi connectivity index (χ4v) is 1.85. The lowest BCUT2D eigenvalue weighted by Crippen LogP contribution is -2.50. The summed E-state index contributed by atoms with van der Waals surface area (Å²) in [6, 6.07) is 7.95. The Bertz CT molecular complexity index is 475. The number of carboxylic acids is 1. The van der Waals surface area contributed by atoms with E-state index in [1.807, 2.05) is 0 Å². The van der Waals surface area contributed by atoms with Crippen LogP contribution < -0.4 is 10.1 Å². The first-order chi connectivity index (χ1) is 9.02. The Kier molecular flexibility index (Phi) is 3.71. The number of aliphatic carboxylic acids is 1. The predicted molar refractivity (Wildman–Crippen MR) is 66.0 cm³/mol. The van der Waals surface area contributed by atoms with Gasteiger partial charge < -0.3 is 19.9 Å². The van der Waals surface area contributed by atoms with Gasteiger partial charge in [-0.25, -0.2) is 4.79 Å². The van der Waals surface area contributed by atoms with Gasteiger partial charge in [-0.1, -0.05) is 18.2 Å². The van der Waals surface area contributed by atoms with Gasteiger partial charge in [0, 0.05) is 0 Å². The van der Waals surface area contributed by atoms with Crippen LogP contribution in [0, 0.1) is 5.41 Å². The molecule has 2 atom stereocenters. The monoisotopic (exact) mass is 265 g/mol. The van der Waals surface area contributed by atoms with Crippen molar-refractivity contribution in [3.8, 4) is 5.75 Å². The number of rotatable bonds is 3. The van der Waals surface area contributed by atoms with Crippen molar-refractivity contribution in [2.75, 3.05) is 13.2 Å². The average Bonchev–Trinajstić information content (AvgIpc) is 2.73. The van der Waals surface area contributed by atoms with E-state index in [0.717, 1.165) is 0 Å². The Morgan fingerprint density at radius 3 is 2.74 bits per heavy atom. The number of benzene rings is 1. The normalized spacial score (nSPS) is 25.8. The summed E-state index contributed by atoms with van der Waals surface area (Å²) < 4.78 is 10.2. The third-order valence-corrected chi connectivity index (χ3v) is 3.19. The number of carboxylic acid groups (broad SMARTS) is 1. The minimum absolute atomic E-state index is 0.0681. The van der Waals surface area contributed by atoms with Gasteiger partial charge >= 0.3 is 12.1 Å². The molecule has 0 spiro atoms. The summed E-state index contributed by atoms with van der Waals surface area (Å²) in [7, 11) is 0. The molecule has 1 aromatic rings. The van der Waals surface area contributed by atoms with Crippen molar-refractivity contribution in [3.05, 3.63) is 30.3 Å². The van der Waals surface area contributed by atoms with Gasteiger partial charge in [0.15, 0.2) is 0 Å². The van der Waals surface area contributed by atoms with Crippen molar-refractivity contribution in [3.63, 3.8) is 0 Å². The number of nitrogens with one attached hydrogen (secondary N) is 1. The smallest absolute Gasteiger partial charge is 0.412 e. The first-order valence-electron chi connectivity index (χ1n) is 5.87. The molecule has 0 bridgehead atoms. The van der Waals surface area contributed by atoms with Crippen LogP contribution in [-0.2, 0) is 9.53 Å². The van der Waals surface area contributed by atoms with E-state index >= 15 is 0 Å². The molecule has 1 aliphatic heterocycles. The Morgan fingerprint density at radius 2 is 2.11 bits per heavy atom. The fraction of sp³-hybridized carbons (Fsp3) is 0.385. The zero-order valence-corrected chi connectivity index (χ0v) is 10.5. The molecular weight excluding hydrogens is 250 g/mol. The van der Waals surface area contributed by atoms with E-state index in [4.69, 9.17) is 9.47 Å². The molecule has 102 valence electrons. The Morgan fingerprint density at radius 1 is 1.42 bits per heavy atom. The Balaban J connectivity index is 1.97. The second-order valence-corrected chi connectivity index (χ2v) is 4.64. The van der Waals surface area contributed by atoms with Crippen LogP contribution in [0.15, 0.2) is 30.3 Å². The summed E-state index contributed by atoms with van der Waals surface area (Å²) in [5, 5.41) is 11.7. The van der Waals surface area contributed by atoms with Crippen LogP contribution in [0.1, 0.15) is 6.92 Å². The number of amides is 1. The number of hydrogen-bond acceptors (Lipinski definition) is 4. The zero-order chi connectivity index (χ0) is 13.9. The molecule has 1 saturated heterocycles. The van der Waals surface area contributed by atoms with Gasteiger partial charge in [0.05, 0.1) is 19.3 Å². The van der Waals surface area contributed by atoms with E-state index in [1.165, 1.54) is 6.92 Å². The largest absolute Gasteiger partial charge is 0.481 e. The van der Waals surface area contributed by atoms with Crippen molar-refractivity contribution < 1.29 is 24.2 Å². The van der Waals surface area contributed by atoms with Crippen molar-refractivity contribution >= 4 is 12.1 Å². The Hall–Kier alpha value is -2.08. The topological polar surface area (TPSA) is 84.9 Å². The zero-order valence-electron chi connectivity index (χ0n) is 10.5. The molecule has 1 aromatic carbocycles. The molecule has 1 amide bonds. The van der Waals surface area contributed by atoms with E-state index in [9.17, 15) is 14.7 Å². The second kappa shape index (κ2) is 5.27. The highest BCUT2D eigenvalue weighted by Crippen LogP contribution is 2.28. The molecule has 0 radical (unpaired) electrons. The maximum Gasteiger partial charge on any atom is 0.412 e. The molecule has 2 N–H and O–H groups in total. The molecule has 6 nitrogen and oxygen atoms in total. The minimum Gasteiger partial charge on any atom is -0.481 e. The van der Waals surface area contributed by atoms with Crippen LogP contribution in [-0.4, -0.2) is 36.4 Å². The van der Waals surface area contributed by atoms with E-state index in [-0.39, 0.29) is 13.2 Å². The minimum atomic E-state index is -1.13. The van der Waals surface area contributed by atoms with Crippen LogP contribution in [0.3, 0.4) is 0 Å². The van der Waals surface area contributed by atoms with Gasteiger partial charge in [0.2, 0.25) is 0 Å². The summed E-state index contributed by atoms with van der Waals surface area (Å²) in [6.07, 6.45) is -0.686. The third-order valence-electron chi connectivity index (χ3n) is 3.19. The highest BCUT2D eigenvalue weighted by Gasteiger charge is 2.47. The molecule has 1 fully saturated rings. The van der Waals surface area contributed by atoms with Crippen LogP contribution in [0.2, 0.25) is 0 Å². The first kappa shape index (κ1) is 13.4. The number of ether oxygens (including phenoxy) is 2. The van der Waals surface area contributed by atoms with Gasteiger partial charge in [-0.2, -0.15) is 0 Å². The maximum atomic E-state index is 11.7. The van der Waals surface area contributed by atoms with Crippen LogP contribution in [0.25, 0.3) is 0 Å². The van der Waals surface area contributed by atoms with Crippen molar-refractivity contribution in [1.29, 1.82) is 0 Å². The highest BCUT2D eigenvalue weighted by molar-refractivity contribution is 5.78. The van der Waals surface area contributed by atoms with Gasteiger partial charge in [0.25, 0.3) is 0 Å². The SMILES string of the molecule is CC1(C(=O)O)COCC1NC(=O)Oc1ccccc1. The molecular formula is C13H15NO5. The molecule has 2 rings (SSSR count). The second-order valence-electron chi connectivity index (χ2n) is 4.64. The lowest BCUT2D eigenvalue weighted by Gasteiger charge is -2.24. The molecule has 0 saturated carbocycles. The van der Waals surface area contributed by atoms with E-state index < -0.39 is 23.5 Å². The summed E-state index contributed by atoms with van der Waals surface area (Å²) in [4.78, 5) is 22.9. The predicted octanol–water partition coefficient (Wildman–Crippen LogP) is 1.26. The average molecular weight is 265 g/mol. The lowest BCUT2D eigenvalue weighted by atomic mass is 9.85. The highest BCUT2D eigenvalue weighted by atomic mass is 16.6. The van der Waals surface area contributed by atoms with Crippen molar-refractivity contribution in [2.45, 2.75) is 13.0 Å². The molecule has 0 aromatic heterocycles. The maximum absolute atomic E-state index is 11.7. The quantitative estimate of drug-likeness (QED) is 0.859. The van der Waals surface area contributed by atoms with Gasteiger partial charge in [-0.3, -0.25) is 4.79 Å². The fourth-order valence-electron chi connectivity index (χ4n) is 1.85. The van der Waals surface area contributed by atoms with Crippen LogP contribution >= 0.6 is 0 Å². The molecule has 19 heavy (non-hydrogen) atoms. The number of carbonyl (C=O) groups is 2. The van der Waals surface area contributed by atoms with Gasteiger partial charge in [-0.15, -0.1) is 0 Å². The molecule has 2 unspecified atom stereocenters. The number of carbonyl (C=O) groups excluding carboxylic acids is 1. The molecule has 1 heterocycles. The molecule has 6 heteroatoms. The van der Waals surface area contributed by atoms with Gasteiger partial charge in [0.1, 0.15) is 11.2 Å². The van der Waals surface area contributed by atoms with Crippen molar-refractivity contribution in [2.24, 2.45) is 5.41 Å². The van der Waals surface area contributed by atoms with E-state index in [0.29, 0.717) is 5.75 Å². The van der Waals surface area contributed by atoms with Crippen LogP contribution in [0.4, 0.5) is 4.79 Å².